The molecule has 0 aliphatic rings. The Kier molecular flexibility index (Phi) is 6.43. The van der Waals surface area contributed by atoms with E-state index in [1.165, 1.54) is 0 Å². The summed E-state index contributed by atoms with van der Waals surface area (Å²) in [7, 11) is 3.48. The largest absolute Gasteiger partial charge is 0.382 e. The van der Waals surface area contributed by atoms with Crippen LogP contribution in [0, 0.1) is 0 Å². The Bertz CT molecular complexity index is 627. The number of carbonyl (C=O) groups excluding carboxylic acids is 1. The van der Waals surface area contributed by atoms with Gasteiger partial charge in [0.05, 0.1) is 12.6 Å². The van der Waals surface area contributed by atoms with Crippen LogP contribution in [0.4, 0.5) is 4.79 Å². The molecule has 2 amide bonds. The minimum atomic E-state index is -0.232. The van der Waals surface area contributed by atoms with Crippen LogP contribution in [0.1, 0.15) is 17.3 Å². The second kappa shape index (κ2) is 8.55. The van der Waals surface area contributed by atoms with Crippen LogP contribution in [-0.2, 0) is 18.2 Å². The quantitative estimate of drug-likeness (QED) is 0.815. The SMILES string of the molecule is COCC(NC(=O)NCCc1ccnn1C)c1ccc(Cl)cc1. The van der Waals surface area contributed by atoms with Crippen molar-refractivity contribution in [2.75, 3.05) is 20.3 Å². The van der Waals surface area contributed by atoms with Crippen molar-refractivity contribution in [3.05, 3.63) is 52.8 Å². The molecule has 23 heavy (non-hydrogen) atoms. The molecule has 0 bridgehead atoms. The van der Waals surface area contributed by atoms with E-state index < -0.39 is 0 Å². The van der Waals surface area contributed by atoms with E-state index in [9.17, 15) is 4.79 Å². The highest BCUT2D eigenvalue weighted by Crippen LogP contribution is 2.16. The van der Waals surface area contributed by atoms with Crippen LogP contribution in [0.5, 0.6) is 0 Å². The maximum absolute atomic E-state index is 12.1. The van der Waals surface area contributed by atoms with Crippen LogP contribution in [0.15, 0.2) is 36.5 Å². The average molecular weight is 337 g/mol. The summed E-state index contributed by atoms with van der Waals surface area (Å²) in [4.78, 5) is 12.1. The number of hydrogen-bond acceptors (Lipinski definition) is 3. The van der Waals surface area contributed by atoms with Crippen LogP contribution in [0.25, 0.3) is 0 Å². The number of rotatable bonds is 7. The lowest BCUT2D eigenvalue weighted by Gasteiger charge is -2.19. The lowest BCUT2D eigenvalue weighted by molar-refractivity contribution is 0.166. The van der Waals surface area contributed by atoms with Gasteiger partial charge in [0.15, 0.2) is 0 Å². The zero-order valence-corrected chi connectivity index (χ0v) is 14.0. The predicted octanol–water partition coefficient (Wildman–Crippen LogP) is 2.30. The highest BCUT2D eigenvalue weighted by molar-refractivity contribution is 6.30. The first kappa shape index (κ1) is 17.3. The summed E-state index contributed by atoms with van der Waals surface area (Å²) in [5.41, 5.74) is 2.01. The summed E-state index contributed by atoms with van der Waals surface area (Å²) in [5.74, 6) is 0. The number of halogens is 1. The van der Waals surface area contributed by atoms with Gasteiger partial charge in [-0.15, -0.1) is 0 Å². The summed E-state index contributed by atoms with van der Waals surface area (Å²) in [6, 6.07) is 8.81. The molecule has 0 radical (unpaired) electrons. The third-order valence-corrected chi connectivity index (χ3v) is 3.75. The van der Waals surface area contributed by atoms with Crippen LogP contribution in [-0.4, -0.2) is 36.1 Å². The summed E-state index contributed by atoms with van der Waals surface area (Å²) < 4.78 is 6.97. The van der Waals surface area contributed by atoms with E-state index in [1.54, 1.807) is 30.1 Å². The summed E-state index contributed by atoms with van der Waals surface area (Å²) >= 11 is 5.89. The van der Waals surface area contributed by atoms with E-state index in [0.717, 1.165) is 17.7 Å². The van der Waals surface area contributed by atoms with Gasteiger partial charge in [0, 0.05) is 44.0 Å². The first-order valence-corrected chi connectivity index (χ1v) is 7.73. The molecular weight excluding hydrogens is 316 g/mol. The highest BCUT2D eigenvalue weighted by Gasteiger charge is 2.14. The normalized spacial score (nSPS) is 12.0. The third kappa shape index (κ3) is 5.26. The first-order chi connectivity index (χ1) is 11.1. The third-order valence-electron chi connectivity index (χ3n) is 3.50. The van der Waals surface area contributed by atoms with Gasteiger partial charge in [-0.1, -0.05) is 23.7 Å². The van der Waals surface area contributed by atoms with Gasteiger partial charge in [0.2, 0.25) is 0 Å². The molecule has 0 aliphatic heterocycles. The fourth-order valence-corrected chi connectivity index (χ4v) is 2.37. The summed E-state index contributed by atoms with van der Waals surface area (Å²) in [6.45, 7) is 0.919. The number of hydrogen-bond donors (Lipinski definition) is 2. The van der Waals surface area contributed by atoms with Crippen LogP contribution in [0.3, 0.4) is 0 Å². The second-order valence-electron chi connectivity index (χ2n) is 5.16. The molecule has 1 unspecified atom stereocenters. The van der Waals surface area contributed by atoms with Crippen molar-refractivity contribution in [3.8, 4) is 0 Å². The second-order valence-corrected chi connectivity index (χ2v) is 5.59. The molecule has 2 N–H and O–H groups in total. The molecule has 1 heterocycles. The van der Waals surface area contributed by atoms with Gasteiger partial charge in [-0.2, -0.15) is 5.10 Å². The highest BCUT2D eigenvalue weighted by atomic mass is 35.5. The lowest BCUT2D eigenvalue weighted by atomic mass is 10.1. The van der Waals surface area contributed by atoms with Gasteiger partial charge >= 0.3 is 6.03 Å². The average Bonchev–Trinajstić information content (AvgIpc) is 2.93. The van der Waals surface area contributed by atoms with E-state index in [-0.39, 0.29) is 12.1 Å². The van der Waals surface area contributed by atoms with Gasteiger partial charge in [-0.3, -0.25) is 4.68 Å². The summed E-state index contributed by atoms with van der Waals surface area (Å²) in [6.07, 6.45) is 2.46. The molecule has 0 aliphatic carbocycles. The van der Waals surface area contributed by atoms with Gasteiger partial charge in [0.25, 0.3) is 0 Å². The van der Waals surface area contributed by atoms with E-state index in [0.29, 0.717) is 18.2 Å². The van der Waals surface area contributed by atoms with Crippen molar-refractivity contribution in [2.24, 2.45) is 7.05 Å². The molecule has 6 nitrogen and oxygen atoms in total. The maximum atomic E-state index is 12.1. The Balaban J connectivity index is 1.85. The minimum Gasteiger partial charge on any atom is -0.382 e. The van der Waals surface area contributed by atoms with E-state index in [4.69, 9.17) is 16.3 Å². The molecule has 1 atom stereocenters. The van der Waals surface area contributed by atoms with Gasteiger partial charge < -0.3 is 15.4 Å². The van der Waals surface area contributed by atoms with Crippen molar-refractivity contribution in [3.63, 3.8) is 0 Å². The Labute approximate surface area is 140 Å². The molecule has 0 spiro atoms. The van der Waals surface area contributed by atoms with Crippen LogP contribution < -0.4 is 10.6 Å². The molecule has 2 aromatic rings. The zero-order valence-electron chi connectivity index (χ0n) is 13.3. The van der Waals surface area contributed by atoms with Crippen molar-refractivity contribution < 1.29 is 9.53 Å². The first-order valence-electron chi connectivity index (χ1n) is 7.36. The number of nitrogens with one attached hydrogen (secondary N) is 2. The standard InChI is InChI=1S/C16H21ClN4O2/c1-21-14(8-10-19-21)7-9-18-16(22)20-15(11-23-2)12-3-5-13(17)6-4-12/h3-6,8,10,15H,7,9,11H2,1-2H3,(H2,18,20,22). The number of ether oxygens (including phenoxy) is 1. The maximum Gasteiger partial charge on any atom is 0.315 e. The van der Waals surface area contributed by atoms with E-state index >= 15 is 0 Å². The molecule has 0 saturated carbocycles. The van der Waals surface area contributed by atoms with Crippen LogP contribution >= 0.6 is 11.6 Å². The summed E-state index contributed by atoms with van der Waals surface area (Å²) in [5, 5.41) is 10.5. The molecule has 7 heteroatoms. The number of amides is 2. The molecule has 124 valence electrons. The number of methoxy groups -OCH3 is 1. The molecule has 1 aromatic heterocycles. The smallest absolute Gasteiger partial charge is 0.315 e. The topological polar surface area (TPSA) is 68.2 Å². The van der Waals surface area contributed by atoms with Crippen LogP contribution in [0.2, 0.25) is 5.02 Å². The zero-order chi connectivity index (χ0) is 16.7. The Morgan fingerprint density at radius 3 is 2.70 bits per heavy atom. The number of benzene rings is 1. The van der Waals surface area contributed by atoms with Gasteiger partial charge in [0.1, 0.15) is 0 Å². The molecule has 2 rings (SSSR count). The number of nitrogens with zero attached hydrogens (tertiary/aromatic N) is 2. The number of aryl methyl sites for hydroxylation is 1. The van der Waals surface area contributed by atoms with Gasteiger partial charge in [-0.25, -0.2) is 4.79 Å². The minimum absolute atomic E-state index is 0.228. The Morgan fingerprint density at radius 2 is 2.09 bits per heavy atom. The number of aromatic nitrogens is 2. The number of carbonyl (C=O) groups is 1. The monoisotopic (exact) mass is 336 g/mol. The van der Waals surface area contributed by atoms with Crippen molar-refractivity contribution in [1.82, 2.24) is 20.4 Å². The van der Waals surface area contributed by atoms with Crippen molar-refractivity contribution in [1.29, 1.82) is 0 Å². The molecule has 0 saturated heterocycles. The fourth-order valence-electron chi connectivity index (χ4n) is 2.24. The van der Waals surface area contributed by atoms with Crippen molar-refractivity contribution in [2.45, 2.75) is 12.5 Å². The van der Waals surface area contributed by atoms with Crippen molar-refractivity contribution >= 4 is 17.6 Å². The number of urea groups is 1. The van der Waals surface area contributed by atoms with E-state index in [1.807, 2.05) is 25.2 Å². The molecule has 1 aromatic carbocycles. The van der Waals surface area contributed by atoms with E-state index in [2.05, 4.69) is 15.7 Å². The molecule has 0 fully saturated rings. The fraction of sp³-hybridized carbons (Fsp3) is 0.375. The molecular formula is C16H21ClN4O2. The predicted molar refractivity (Wildman–Crippen MR) is 89.5 cm³/mol. The Hall–Kier alpha value is -2.05. The Morgan fingerprint density at radius 1 is 1.35 bits per heavy atom. The lowest BCUT2D eigenvalue weighted by Crippen LogP contribution is -2.40. The van der Waals surface area contributed by atoms with Gasteiger partial charge in [-0.05, 0) is 23.8 Å².